The molecule has 0 saturated carbocycles. The Morgan fingerprint density at radius 1 is 0.905 bits per heavy atom. The van der Waals surface area contributed by atoms with Gasteiger partial charge in [-0.3, -0.25) is 9.59 Å². The lowest BCUT2D eigenvalue weighted by Crippen LogP contribution is -2.49. The standard InChI is InChI=1S/C30H27F4N5O2S/c31-23-9-5-4-6-21(23)17-27(41)39-14-12-38(13-15-39)25-11-10-20(18-36-25)16-24(40)28-29(30(32,33)34)37-26(42-28)19-35-22-7-2-1-3-8-22/h1-11,18,35H,12-17,19H2. The third-order valence-corrected chi connectivity index (χ3v) is 7.94. The van der Waals surface area contributed by atoms with Crippen LogP contribution in [0.5, 0.6) is 0 Å². The maximum Gasteiger partial charge on any atom is 0.434 e. The summed E-state index contributed by atoms with van der Waals surface area (Å²) in [5, 5.41) is 3.18. The second kappa shape index (κ2) is 12.7. The number of thiazole rings is 1. The molecule has 12 heteroatoms. The molecule has 3 heterocycles. The second-order valence-corrected chi connectivity index (χ2v) is 10.8. The number of rotatable bonds is 9. The molecule has 0 aliphatic carbocycles. The molecule has 42 heavy (non-hydrogen) atoms. The molecule has 2 aromatic heterocycles. The molecule has 1 saturated heterocycles. The van der Waals surface area contributed by atoms with Gasteiger partial charge in [0.1, 0.15) is 21.5 Å². The lowest BCUT2D eigenvalue weighted by atomic mass is 10.1. The van der Waals surface area contributed by atoms with Crippen molar-refractivity contribution in [3.8, 4) is 0 Å². The van der Waals surface area contributed by atoms with Crippen molar-refractivity contribution in [2.75, 3.05) is 36.4 Å². The summed E-state index contributed by atoms with van der Waals surface area (Å²) in [5.74, 6) is -0.600. The molecule has 1 aliphatic rings. The van der Waals surface area contributed by atoms with Crippen LogP contribution in [0.4, 0.5) is 29.1 Å². The van der Waals surface area contributed by atoms with E-state index < -0.39 is 28.3 Å². The molecule has 1 aliphatic heterocycles. The number of ketones is 1. The zero-order valence-electron chi connectivity index (χ0n) is 22.4. The van der Waals surface area contributed by atoms with Crippen molar-refractivity contribution < 1.29 is 27.2 Å². The Bertz CT molecular complexity index is 1540. The molecule has 1 amide bonds. The van der Waals surface area contributed by atoms with Crippen LogP contribution in [0.25, 0.3) is 0 Å². The predicted octanol–water partition coefficient (Wildman–Crippen LogP) is 5.62. The molecular formula is C30H27F4N5O2S. The number of anilines is 2. The van der Waals surface area contributed by atoms with Gasteiger partial charge in [0.15, 0.2) is 11.5 Å². The number of para-hydroxylation sites is 1. The Labute approximate surface area is 243 Å². The third kappa shape index (κ3) is 7.11. The van der Waals surface area contributed by atoms with Crippen molar-refractivity contribution in [2.24, 2.45) is 0 Å². The van der Waals surface area contributed by atoms with Gasteiger partial charge in [0, 0.05) is 44.5 Å². The Morgan fingerprint density at radius 2 is 1.62 bits per heavy atom. The minimum Gasteiger partial charge on any atom is -0.379 e. The largest absolute Gasteiger partial charge is 0.434 e. The van der Waals surface area contributed by atoms with Gasteiger partial charge < -0.3 is 15.1 Å². The summed E-state index contributed by atoms with van der Waals surface area (Å²) in [5.41, 5.74) is 0.399. The van der Waals surface area contributed by atoms with Crippen LogP contribution < -0.4 is 10.2 Å². The van der Waals surface area contributed by atoms with Crippen molar-refractivity contribution in [2.45, 2.75) is 25.6 Å². The van der Waals surface area contributed by atoms with Crippen LogP contribution in [0.15, 0.2) is 72.9 Å². The maximum absolute atomic E-state index is 13.9. The van der Waals surface area contributed by atoms with E-state index in [0.717, 1.165) is 17.0 Å². The fourth-order valence-corrected chi connectivity index (χ4v) is 5.59. The average molecular weight is 598 g/mol. The van der Waals surface area contributed by atoms with Crippen molar-refractivity contribution >= 4 is 34.5 Å². The zero-order chi connectivity index (χ0) is 29.7. The number of pyridine rings is 1. The molecule has 4 aromatic rings. The summed E-state index contributed by atoms with van der Waals surface area (Å²) >= 11 is 0.738. The van der Waals surface area contributed by atoms with E-state index in [1.807, 2.05) is 11.0 Å². The van der Waals surface area contributed by atoms with Gasteiger partial charge >= 0.3 is 6.18 Å². The number of alkyl halides is 3. The normalized spacial score (nSPS) is 13.7. The summed E-state index contributed by atoms with van der Waals surface area (Å²) in [7, 11) is 0. The zero-order valence-corrected chi connectivity index (χ0v) is 23.2. The highest BCUT2D eigenvalue weighted by Gasteiger charge is 2.39. The first kappa shape index (κ1) is 29.2. The summed E-state index contributed by atoms with van der Waals surface area (Å²) in [4.78, 5) is 37.0. The SMILES string of the molecule is O=C(Cc1ccc(N2CCN(C(=O)Cc3ccccc3F)CC2)nc1)c1sc(CNc2ccccc2)nc1C(F)(F)F. The lowest BCUT2D eigenvalue weighted by molar-refractivity contribution is -0.141. The Hall–Kier alpha value is -4.32. The Balaban J connectivity index is 1.18. The molecule has 0 spiro atoms. The molecule has 1 fully saturated rings. The van der Waals surface area contributed by atoms with E-state index in [4.69, 9.17) is 0 Å². The first-order chi connectivity index (χ1) is 20.2. The number of piperazine rings is 1. The fourth-order valence-electron chi connectivity index (χ4n) is 4.63. The molecule has 0 bridgehead atoms. The van der Waals surface area contributed by atoms with E-state index in [2.05, 4.69) is 15.3 Å². The average Bonchev–Trinajstić information content (AvgIpc) is 3.44. The lowest BCUT2D eigenvalue weighted by Gasteiger charge is -2.35. The van der Waals surface area contributed by atoms with Crippen LogP contribution in [0.1, 0.15) is 31.5 Å². The van der Waals surface area contributed by atoms with E-state index in [-0.39, 0.29) is 30.3 Å². The van der Waals surface area contributed by atoms with E-state index in [9.17, 15) is 27.2 Å². The number of Topliss-reactive ketones (excluding diaryl/α,β-unsaturated/α-hetero) is 1. The van der Waals surface area contributed by atoms with Crippen LogP contribution in [-0.4, -0.2) is 52.7 Å². The molecular weight excluding hydrogens is 570 g/mol. The third-order valence-electron chi connectivity index (χ3n) is 6.84. The molecule has 5 rings (SSSR count). The number of aromatic nitrogens is 2. The van der Waals surface area contributed by atoms with Gasteiger partial charge in [0.05, 0.1) is 13.0 Å². The Kier molecular flexibility index (Phi) is 8.81. The number of carbonyl (C=O) groups excluding carboxylic acids is 2. The van der Waals surface area contributed by atoms with Crippen molar-refractivity contribution in [3.63, 3.8) is 0 Å². The van der Waals surface area contributed by atoms with Crippen LogP contribution in [0.3, 0.4) is 0 Å². The number of amides is 1. The molecule has 2 aromatic carbocycles. The smallest absolute Gasteiger partial charge is 0.379 e. The molecule has 218 valence electrons. The molecule has 0 radical (unpaired) electrons. The topological polar surface area (TPSA) is 78.4 Å². The van der Waals surface area contributed by atoms with Crippen LogP contribution in [0.2, 0.25) is 0 Å². The van der Waals surface area contributed by atoms with Gasteiger partial charge in [-0.05, 0) is 35.4 Å². The molecule has 0 atom stereocenters. The number of nitrogens with one attached hydrogen (secondary N) is 1. The maximum atomic E-state index is 13.9. The quantitative estimate of drug-likeness (QED) is 0.199. The van der Waals surface area contributed by atoms with Crippen LogP contribution in [-0.2, 0) is 30.4 Å². The monoisotopic (exact) mass is 597 g/mol. The number of hydrogen-bond acceptors (Lipinski definition) is 7. The molecule has 0 unspecified atom stereocenters. The summed E-state index contributed by atoms with van der Waals surface area (Å²) in [6, 6.07) is 18.6. The Morgan fingerprint density at radius 3 is 2.29 bits per heavy atom. The van der Waals surface area contributed by atoms with E-state index >= 15 is 0 Å². The predicted molar refractivity (Wildman–Crippen MR) is 152 cm³/mol. The molecule has 7 nitrogen and oxygen atoms in total. The van der Waals surface area contributed by atoms with Gasteiger partial charge in [-0.2, -0.15) is 13.2 Å². The first-order valence-corrected chi connectivity index (χ1v) is 14.1. The minimum absolute atomic E-state index is 0.00546. The summed E-state index contributed by atoms with van der Waals surface area (Å²) in [6.45, 7) is 1.99. The summed E-state index contributed by atoms with van der Waals surface area (Å²) < 4.78 is 55.0. The van der Waals surface area contributed by atoms with Crippen molar-refractivity contribution in [1.82, 2.24) is 14.9 Å². The second-order valence-electron chi connectivity index (χ2n) is 9.76. The number of hydrogen-bond donors (Lipinski definition) is 1. The van der Waals surface area contributed by atoms with Crippen LogP contribution >= 0.6 is 11.3 Å². The number of halogens is 4. The van der Waals surface area contributed by atoms with Gasteiger partial charge in [-0.25, -0.2) is 14.4 Å². The fraction of sp³-hybridized carbons (Fsp3) is 0.267. The van der Waals surface area contributed by atoms with Crippen molar-refractivity contribution in [3.05, 3.63) is 105 Å². The first-order valence-electron chi connectivity index (χ1n) is 13.3. The number of nitrogens with zero attached hydrogens (tertiary/aromatic N) is 4. The van der Waals surface area contributed by atoms with Crippen LogP contribution in [0, 0.1) is 5.82 Å². The van der Waals surface area contributed by atoms with E-state index in [1.54, 1.807) is 59.5 Å². The van der Waals surface area contributed by atoms with Gasteiger partial charge in [-0.15, -0.1) is 11.3 Å². The van der Waals surface area contributed by atoms with E-state index in [1.165, 1.54) is 12.3 Å². The summed E-state index contributed by atoms with van der Waals surface area (Å²) in [6.07, 6.45) is -3.53. The van der Waals surface area contributed by atoms with Gasteiger partial charge in [0.2, 0.25) is 5.91 Å². The highest BCUT2D eigenvalue weighted by molar-refractivity contribution is 7.13. The van der Waals surface area contributed by atoms with Gasteiger partial charge in [0.25, 0.3) is 0 Å². The minimum atomic E-state index is -4.76. The van der Waals surface area contributed by atoms with E-state index in [0.29, 0.717) is 43.1 Å². The van der Waals surface area contributed by atoms with Gasteiger partial charge in [-0.1, -0.05) is 42.5 Å². The molecule has 1 N–H and O–H groups in total. The highest BCUT2D eigenvalue weighted by atomic mass is 32.1. The van der Waals surface area contributed by atoms with Crippen molar-refractivity contribution in [1.29, 1.82) is 0 Å². The number of benzene rings is 2. The number of carbonyl (C=O) groups is 2. The highest BCUT2D eigenvalue weighted by Crippen LogP contribution is 2.35.